The number of aliphatic hydroxyl groups excluding tert-OH is 1. The maximum atomic E-state index is 11.6. The fourth-order valence-electron chi connectivity index (χ4n) is 2.81. The van der Waals surface area contributed by atoms with Crippen LogP contribution in [-0.4, -0.2) is 41.8 Å². The number of nitrogens with one attached hydrogen (secondary N) is 1. The van der Waals surface area contributed by atoms with Gasteiger partial charge in [0, 0.05) is 12.5 Å². The predicted molar refractivity (Wildman–Crippen MR) is 114 cm³/mol. The van der Waals surface area contributed by atoms with E-state index in [0.29, 0.717) is 25.2 Å². The van der Waals surface area contributed by atoms with E-state index in [1.54, 1.807) is 19.3 Å². The Morgan fingerprint density at radius 2 is 2.07 bits per heavy atom. The zero-order valence-corrected chi connectivity index (χ0v) is 17.3. The minimum Gasteiger partial charge on any atom is -0.497 e. The van der Waals surface area contributed by atoms with Crippen molar-refractivity contribution in [2.45, 2.75) is 30.9 Å². The lowest BCUT2D eigenvalue weighted by Crippen LogP contribution is -2.24. The highest BCUT2D eigenvalue weighted by atomic mass is 32.2. The molecule has 2 unspecified atom stereocenters. The Balaban J connectivity index is 1.98. The lowest BCUT2D eigenvalue weighted by atomic mass is 9.97. The van der Waals surface area contributed by atoms with Crippen LogP contribution < -0.4 is 10.1 Å². The van der Waals surface area contributed by atoms with Crippen LogP contribution >= 0.6 is 11.8 Å². The van der Waals surface area contributed by atoms with Gasteiger partial charge in [0.05, 0.1) is 19.0 Å². The molecule has 1 aromatic rings. The minimum atomic E-state index is -0.411. The number of benzene rings is 1. The summed E-state index contributed by atoms with van der Waals surface area (Å²) in [6, 6.07) is 7.62. The fraction of sp³-hybridized carbons (Fsp3) is 0.364. The number of rotatable bonds is 10. The van der Waals surface area contributed by atoms with Crippen LogP contribution in [0.3, 0.4) is 0 Å². The van der Waals surface area contributed by atoms with Gasteiger partial charge in [-0.2, -0.15) is 0 Å². The molecule has 154 valence electrons. The molecule has 1 aliphatic heterocycles. The molecule has 2 rings (SSSR count). The van der Waals surface area contributed by atoms with Crippen LogP contribution in [0.2, 0.25) is 0 Å². The number of methoxy groups -OCH3 is 1. The first-order valence-corrected chi connectivity index (χ1v) is 10.1. The van der Waals surface area contributed by atoms with Crippen LogP contribution in [-0.2, 0) is 9.53 Å². The highest BCUT2D eigenvalue weighted by Gasteiger charge is 2.31. The number of amides is 2. The molecule has 7 heteroatoms. The molecule has 2 amide bonds. The summed E-state index contributed by atoms with van der Waals surface area (Å²) in [5.41, 5.74) is 1.93. The van der Waals surface area contributed by atoms with E-state index in [2.05, 4.69) is 11.2 Å². The van der Waals surface area contributed by atoms with Crippen molar-refractivity contribution in [1.29, 1.82) is 0 Å². The molecular weight excluding hydrogens is 390 g/mol. The topological polar surface area (TPSA) is 84.9 Å². The van der Waals surface area contributed by atoms with Crippen molar-refractivity contribution >= 4 is 22.9 Å². The molecule has 29 heavy (non-hydrogen) atoms. The third-order valence-electron chi connectivity index (χ3n) is 4.44. The highest BCUT2D eigenvalue weighted by Crippen LogP contribution is 2.25. The van der Waals surface area contributed by atoms with Gasteiger partial charge in [-0.15, -0.1) is 6.42 Å². The monoisotopic (exact) mass is 415 g/mol. The van der Waals surface area contributed by atoms with Crippen molar-refractivity contribution in [1.82, 2.24) is 5.32 Å². The fourth-order valence-corrected chi connectivity index (χ4v) is 3.74. The molecule has 1 aromatic carbocycles. The Bertz CT molecular complexity index is 823. The first-order valence-electron chi connectivity index (χ1n) is 9.20. The van der Waals surface area contributed by atoms with Gasteiger partial charge in [-0.25, -0.2) is 0 Å². The lowest BCUT2D eigenvalue weighted by Gasteiger charge is -2.17. The zero-order valence-electron chi connectivity index (χ0n) is 16.5. The summed E-state index contributed by atoms with van der Waals surface area (Å²) in [4.78, 5) is 22.9. The second-order valence-electron chi connectivity index (χ2n) is 6.57. The molecule has 0 aliphatic carbocycles. The molecule has 2 N–H and O–H groups in total. The maximum absolute atomic E-state index is 11.6. The van der Waals surface area contributed by atoms with Gasteiger partial charge >= 0.3 is 0 Å². The summed E-state index contributed by atoms with van der Waals surface area (Å²) >= 11 is 0.997. The van der Waals surface area contributed by atoms with Gasteiger partial charge in [0.1, 0.15) is 5.75 Å². The van der Waals surface area contributed by atoms with E-state index < -0.39 is 5.25 Å². The molecular formula is C22H25NO5S. The van der Waals surface area contributed by atoms with Crippen molar-refractivity contribution in [3.05, 3.63) is 53.3 Å². The van der Waals surface area contributed by atoms with Gasteiger partial charge in [0.2, 0.25) is 5.91 Å². The molecule has 0 saturated carbocycles. The van der Waals surface area contributed by atoms with Gasteiger partial charge in [0.15, 0.2) is 5.76 Å². The van der Waals surface area contributed by atoms with E-state index in [0.717, 1.165) is 28.6 Å². The van der Waals surface area contributed by atoms with Crippen LogP contribution in [0, 0.1) is 12.3 Å². The third kappa shape index (κ3) is 7.00. The number of hydrogen-bond donors (Lipinski definition) is 2. The number of aliphatic hydroxyl groups is 1. The molecule has 0 aromatic heterocycles. The highest BCUT2D eigenvalue weighted by molar-refractivity contribution is 8.15. The minimum absolute atomic E-state index is 0.0164. The number of imide groups is 1. The molecule has 1 saturated heterocycles. The Morgan fingerprint density at radius 1 is 1.34 bits per heavy atom. The first-order chi connectivity index (χ1) is 14.0. The summed E-state index contributed by atoms with van der Waals surface area (Å²) in [6.07, 6.45) is 10.0. The number of carbonyl (C=O) groups excluding carboxylic acids is 2. The molecule has 2 atom stereocenters. The van der Waals surface area contributed by atoms with Crippen LogP contribution in [0.5, 0.6) is 5.75 Å². The molecule has 0 bridgehead atoms. The van der Waals surface area contributed by atoms with E-state index in [4.69, 9.17) is 15.9 Å². The Labute approximate surface area is 175 Å². The van der Waals surface area contributed by atoms with Crippen molar-refractivity contribution < 1.29 is 24.2 Å². The Kier molecular flexibility index (Phi) is 8.84. The summed E-state index contributed by atoms with van der Waals surface area (Å²) in [6.45, 7) is 2.23. The van der Waals surface area contributed by atoms with Crippen LogP contribution in [0.15, 0.2) is 47.7 Å². The van der Waals surface area contributed by atoms with E-state index in [1.165, 1.54) is 0 Å². The molecule has 0 radical (unpaired) electrons. The second-order valence-corrected chi connectivity index (χ2v) is 7.74. The maximum Gasteiger partial charge on any atom is 0.286 e. The second kappa shape index (κ2) is 11.3. The Morgan fingerprint density at radius 3 is 2.62 bits per heavy atom. The number of terminal acetylenes is 1. The quantitative estimate of drug-likeness (QED) is 0.346. The predicted octanol–water partition coefficient (Wildman–Crippen LogP) is 3.38. The standard InChI is InChI=1S/C22H25NO5S/c1-4-18(8-5-15(2)13-20-21(25)23-22(26)29-20)28-14-17(11-12-24)16-6-9-19(27-3)10-7-16/h1,5-10,17,20,24H,11-14H2,2-3H3,(H,23,25,26)/b15-5+,18-8+. The van der Waals surface area contributed by atoms with E-state index in [1.807, 2.05) is 31.2 Å². The third-order valence-corrected chi connectivity index (χ3v) is 5.42. The zero-order chi connectivity index (χ0) is 21.2. The van der Waals surface area contributed by atoms with Crippen LogP contribution in [0.25, 0.3) is 0 Å². The number of thioether (sulfide) groups is 1. The van der Waals surface area contributed by atoms with Gasteiger partial charge in [-0.1, -0.05) is 35.5 Å². The van der Waals surface area contributed by atoms with Gasteiger partial charge in [-0.3, -0.25) is 14.9 Å². The van der Waals surface area contributed by atoms with Gasteiger partial charge in [-0.05, 0) is 49.5 Å². The number of hydrogen-bond acceptors (Lipinski definition) is 6. The lowest BCUT2D eigenvalue weighted by molar-refractivity contribution is -0.118. The number of allylic oxidation sites excluding steroid dienone is 4. The summed E-state index contributed by atoms with van der Waals surface area (Å²) in [5.74, 6) is 3.35. The smallest absolute Gasteiger partial charge is 0.286 e. The first kappa shape index (κ1) is 22.6. The van der Waals surface area contributed by atoms with Crippen molar-refractivity contribution in [2.24, 2.45) is 0 Å². The normalized spacial score (nSPS) is 18.2. The van der Waals surface area contributed by atoms with Crippen LogP contribution in [0.4, 0.5) is 4.79 Å². The van der Waals surface area contributed by atoms with E-state index >= 15 is 0 Å². The molecule has 1 aliphatic rings. The summed E-state index contributed by atoms with van der Waals surface area (Å²) < 4.78 is 10.9. The van der Waals surface area contributed by atoms with E-state index in [-0.39, 0.29) is 23.7 Å². The Hall–Kier alpha value is -2.69. The number of ether oxygens (including phenoxy) is 2. The average molecular weight is 416 g/mol. The van der Waals surface area contributed by atoms with Gasteiger partial charge < -0.3 is 14.6 Å². The number of carbonyl (C=O) groups is 2. The summed E-state index contributed by atoms with van der Waals surface area (Å²) in [7, 11) is 1.61. The van der Waals surface area contributed by atoms with Crippen molar-refractivity contribution in [3.63, 3.8) is 0 Å². The molecule has 0 spiro atoms. The molecule has 6 nitrogen and oxygen atoms in total. The summed E-state index contributed by atoms with van der Waals surface area (Å²) in [5, 5.41) is 10.9. The van der Waals surface area contributed by atoms with Crippen LogP contribution in [0.1, 0.15) is 31.2 Å². The molecule has 1 fully saturated rings. The molecule has 1 heterocycles. The van der Waals surface area contributed by atoms with Crippen molar-refractivity contribution in [3.8, 4) is 18.1 Å². The SMILES string of the molecule is C#C/C(=C\C=C(/C)CC1SC(=O)NC1=O)OCC(CCO)c1ccc(OC)cc1. The van der Waals surface area contributed by atoms with Crippen molar-refractivity contribution in [2.75, 3.05) is 20.3 Å². The largest absolute Gasteiger partial charge is 0.497 e. The average Bonchev–Trinajstić information content (AvgIpc) is 3.03. The van der Waals surface area contributed by atoms with E-state index in [9.17, 15) is 14.7 Å². The van der Waals surface area contributed by atoms with Gasteiger partial charge in [0.25, 0.3) is 5.24 Å².